The van der Waals surface area contributed by atoms with Crippen molar-refractivity contribution in [2.45, 2.75) is 44.9 Å². The molecule has 1 aromatic heterocycles. The van der Waals surface area contributed by atoms with E-state index in [1.54, 1.807) is 13.8 Å². The third-order valence-electron chi connectivity index (χ3n) is 2.34. The van der Waals surface area contributed by atoms with Crippen molar-refractivity contribution in [3.63, 3.8) is 0 Å². The van der Waals surface area contributed by atoms with Crippen molar-refractivity contribution in [1.82, 2.24) is 15.3 Å². The maximum atomic E-state index is 11.8. The van der Waals surface area contributed by atoms with Crippen molar-refractivity contribution in [2.24, 2.45) is 0 Å². The van der Waals surface area contributed by atoms with Gasteiger partial charge < -0.3 is 15.0 Å². The van der Waals surface area contributed by atoms with Gasteiger partial charge in [0.2, 0.25) is 0 Å². The normalized spacial score (nSPS) is 12.4. The van der Waals surface area contributed by atoms with Crippen LogP contribution in [0.1, 0.15) is 26.5 Å². The molecule has 0 fully saturated rings. The lowest BCUT2D eigenvalue weighted by Crippen LogP contribution is -2.43. The maximum absolute atomic E-state index is 11.8. The van der Waals surface area contributed by atoms with Crippen LogP contribution in [0.4, 0.5) is 0 Å². The minimum absolute atomic E-state index is 0.162. The lowest BCUT2D eigenvalue weighted by atomic mass is 10.3. The Morgan fingerprint density at radius 3 is 2.80 bits per heavy atom. The number of nitrogens with zero attached hydrogens (tertiary/aromatic N) is 1. The molecule has 1 rings (SSSR count). The summed E-state index contributed by atoms with van der Waals surface area (Å²) in [6.07, 6.45) is 0. The first-order valence-electron chi connectivity index (χ1n) is 6.55. The molecule has 1 unspecified atom stereocenters. The van der Waals surface area contributed by atoms with Gasteiger partial charge in [-0.2, -0.15) is 0 Å². The molecule has 0 amide bonds. The second-order valence-electron chi connectivity index (χ2n) is 4.63. The Kier molecular flexibility index (Phi) is 6.74. The Morgan fingerprint density at radius 2 is 2.25 bits per heavy atom. The van der Waals surface area contributed by atoms with E-state index in [4.69, 9.17) is 4.74 Å². The summed E-state index contributed by atoms with van der Waals surface area (Å²) in [5.74, 6) is 0.160. The van der Waals surface area contributed by atoms with Gasteiger partial charge in [-0.1, -0.05) is 25.6 Å². The molecule has 0 bridgehead atoms. The van der Waals surface area contributed by atoms with Crippen LogP contribution in [0, 0.1) is 6.92 Å². The van der Waals surface area contributed by atoms with E-state index in [0.29, 0.717) is 23.2 Å². The fourth-order valence-electron chi connectivity index (χ4n) is 1.61. The van der Waals surface area contributed by atoms with Crippen molar-refractivity contribution < 1.29 is 9.53 Å². The zero-order valence-electron chi connectivity index (χ0n) is 12.2. The van der Waals surface area contributed by atoms with Crippen molar-refractivity contribution in [3.8, 4) is 0 Å². The van der Waals surface area contributed by atoms with Crippen LogP contribution in [0.25, 0.3) is 0 Å². The number of ether oxygens (including phenoxy) is 1. The summed E-state index contributed by atoms with van der Waals surface area (Å²) < 4.78 is 5.03. The van der Waals surface area contributed by atoms with E-state index in [9.17, 15) is 9.59 Å². The zero-order valence-corrected chi connectivity index (χ0v) is 13.0. The number of hydrogen-bond acceptors (Lipinski definition) is 6. The minimum Gasteiger partial charge on any atom is -0.465 e. The Morgan fingerprint density at radius 1 is 1.55 bits per heavy atom. The molecule has 0 saturated carbocycles. The molecule has 2 N–H and O–H groups in total. The van der Waals surface area contributed by atoms with Crippen molar-refractivity contribution in [2.75, 3.05) is 12.4 Å². The van der Waals surface area contributed by atoms with Crippen LogP contribution in [0.15, 0.2) is 16.0 Å². The van der Waals surface area contributed by atoms with Crippen LogP contribution in [-0.2, 0) is 9.53 Å². The number of aromatic amines is 1. The molecule has 0 aliphatic heterocycles. The quantitative estimate of drug-likeness (QED) is 0.445. The van der Waals surface area contributed by atoms with Gasteiger partial charge in [0, 0.05) is 23.6 Å². The van der Waals surface area contributed by atoms with Crippen LogP contribution in [0.2, 0.25) is 0 Å². The topological polar surface area (TPSA) is 84.1 Å². The molecular formula is C13H21N3O3S. The van der Waals surface area contributed by atoms with Gasteiger partial charge in [0.1, 0.15) is 6.04 Å². The molecule has 1 heterocycles. The molecular weight excluding hydrogens is 278 g/mol. The van der Waals surface area contributed by atoms with Crippen molar-refractivity contribution in [3.05, 3.63) is 22.1 Å². The van der Waals surface area contributed by atoms with Crippen LogP contribution in [0.5, 0.6) is 0 Å². The third kappa shape index (κ3) is 5.75. The molecule has 0 aromatic carbocycles. The largest absolute Gasteiger partial charge is 0.465 e. The first-order chi connectivity index (χ1) is 9.42. The third-order valence-corrected chi connectivity index (χ3v) is 3.31. The summed E-state index contributed by atoms with van der Waals surface area (Å²) in [5, 5.41) is 3.66. The maximum Gasteiger partial charge on any atom is 0.324 e. The highest BCUT2D eigenvalue weighted by molar-refractivity contribution is 7.99. The molecule has 7 heteroatoms. The van der Waals surface area contributed by atoms with Crippen LogP contribution in [0.3, 0.4) is 0 Å². The average molecular weight is 299 g/mol. The van der Waals surface area contributed by atoms with E-state index in [2.05, 4.69) is 15.3 Å². The summed E-state index contributed by atoms with van der Waals surface area (Å²) in [6, 6.07) is 1.17. The fourth-order valence-corrected chi connectivity index (χ4v) is 2.55. The molecule has 0 radical (unpaired) electrons. The van der Waals surface area contributed by atoms with Crippen LogP contribution >= 0.6 is 11.8 Å². The number of esters is 1. The predicted octanol–water partition coefficient (Wildman–Crippen LogP) is 1.10. The minimum atomic E-state index is -0.425. The second kappa shape index (κ2) is 8.06. The smallest absolute Gasteiger partial charge is 0.324 e. The Labute approximate surface area is 122 Å². The van der Waals surface area contributed by atoms with Gasteiger partial charge >= 0.3 is 5.97 Å². The number of nitrogens with one attached hydrogen (secondary N) is 2. The molecule has 0 aliphatic rings. The fraction of sp³-hybridized carbons (Fsp3) is 0.615. The number of rotatable bonds is 7. The SMILES string of the molecule is CCOC(=O)C(CSc1nc(C)cc(=O)[nH]1)NC(C)C. The average Bonchev–Trinajstić information content (AvgIpc) is 2.33. The molecule has 112 valence electrons. The summed E-state index contributed by atoms with van der Waals surface area (Å²) in [7, 11) is 0. The number of aromatic nitrogens is 2. The molecule has 0 spiro atoms. The molecule has 20 heavy (non-hydrogen) atoms. The first kappa shape index (κ1) is 16.7. The highest BCUT2D eigenvalue weighted by Gasteiger charge is 2.21. The van der Waals surface area contributed by atoms with E-state index < -0.39 is 6.04 Å². The van der Waals surface area contributed by atoms with Crippen molar-refractivity contribution in [1.29, 1.82) is 0 Å². The van der Waals surface area contributed by atoms with Gasteiger partial charge in [-0.25, -0.2) is 4.98 Å². The predicted molar refractivity (Wildman–Crippen MR) is 79.0 cm³/mol. The lowest BCUT2D eigenvalue weighted by molar-refractivity contribution is -0.145. The molecule has 0 aliphatic carbocycles. The van der Waals surface area contributed by atoms with Gasteiger partial charge in [-0.3, -0.25) is 9.59 Å². The van der Waals surface area contributed by atoms with E-state index in [1.165, 1.54) is 17.8 Å². The molecule has 1 atom stereocenters. The summed E-state index contributed by atoms with van der Waals surface area (Å²) in [6.45, 7) is 7.80. The number of aryl methyl sites for hydroxylation is 1. The number of hydrogen-bond donors (Lipinski definition) is 2. The molecule has 6 nitrogen and oxygen atoms in total. The van der Waals surface area contributed by atoms with Crippen LogP contribution < -0.4 is 10.9 Å². The van der Waals surface area contributed by atoms with E-state index in [-0.39, 0.29) is 17.6 Å². The van der Waals surface area contributed by atoms with Gasteiger partial charge in [0.05, 0.1) is 6.61 Å². The van der Waals surface area contributed by atoms with E-state index in [1.807, 2.05) is 13.8 Å². The van der Waals surface area contributed by atoms with E-state index in [0.717, 1.165) is 0 Å². The van der Waals surface area contributed by atoms with Gasteiger partial charge in [-0.05, 0) is 13.8 Å². The Balaban J connectivity index is 2.69. The summed E-state index contributed by atoms with van der Waals surface area (Å²) >= 11 is 1.32. The lowest BCUT2D eigenvalue weighted by Gasteiger charge is -2.19. The highest BCUT2D eigenvalue weighted by atomic mass is 32.2. The van der Waals surface area contributed by atoms with Gasteiger partial charge in [0.15, 0.2) is 5.16 Å². The second-order valence-corrected chi connectivity index (χ2v) is 5.64. The number of carbonyl (C=O) groups excluding carboxylic acids is 1. The monoisotopic (exact) mass is 299 g/mol. The standard InChI is InChI=1S/C13H21N3O3S/c1-5-19-12(18)10(14-8(2)3)7-20-13-15-9(4)6-11(17)16-13/h6,8,10,14H,5,7H2,1-4H3,(H,15,16,17). The highest BCUT2D eigenvalue weighted by Crippen LogP contribution is 2.13. The van der Waals surface area contributed by atoms with E-state index >= 15 is 0 Å². The van der Waals surface area contributed by atoms with Gasteiger partial charge in [0.25, 0.3) is 5.56 Å². The first-order valence-corrected chi connectivity index (χ1v) is 7.54. The number of thioether (sulfide) groups is 1. The summed E-state index contributed by atoms with van der Waals surface area (Å²) in [4.78, 5) is 30.1. The molecule has 0 saturated heterocycles. The molecule has 1 aromatic rings. The number of H-pyrrole nitrogens is 1. The zero-order chi connectivity index (χ0) is 15.1. The number of carbonyl (C=O) groups is 1. The van der Waals surface area contributed by atoms with Gasteiger partial charge in [-0.15, -0.1) is 0 Å². The van der Waals surface area contributed by atoms with Crippen molar-refractivity contribution >= 4 is 17.7 Å². The van der Waals surface area contributed by atoms with Crippen LogP contribution in [-0.4, -0.2) is 40.4 Å². The summed E-state index contributed by atoms with van der Waals surface area (Å²) in [5.41, 5.74) is 0.463. The Hall–Kier alpha value is -1.34. The Bertz CT molecular complexity index is 502.